The van der Waals surface area contributed by atoms with E-state index >= 15 is 0 Å². The van der Waals surface area contributed by atoms with Gasteiger partial charge in [-0.3, -0.25) is 4.79 Å². The fraction of sp³-hybridized carbons (Fsp3) is 0.316. The Morgan fingerprint density at radius 1 is 1.05 bits per heavy atom. The first-order valence-electron chi connectivity index (χ1n) is 7.81. The summed E-state index contributed by atoms with van der Waals surface area (Å²) in [6.07, 6.45) is 3.31. The lowest BCUT2D eigenvalue weighted by atomic mass is 9.90. The third-order valence-electron chi connectivity index (χ3n) is 4.34. The zero-order valence-electron chi connectivity index (χ0n) is 12.5. The fourth-order valence-corrected chi connectivity index (χ4v) is 3.49. The van der Waals surface area contributed by atoms with Crippen LogP contribution in [0, 0.1) is 5.92 Å². The van der Waals surface area contributed by atoms with Gasteiger partial charge in [0.1, 0.15) is 0 Å². The number of likely N-dealkylation sites (tertiary alicyclic amines) is 1. The van der Waals surface area contributed by atoms with Gasteiger partial charge in [-0.05, 0) is 48.9 Å². The number of halogens is 1. The van der Waals surface area contributed by atoms with Gasteiger partial charge in [-0.25, -0.2) is 0 Å². The fourth-order valence-electron chi connectivity index (χ4n) is 3.09. The maximum Gasteiger partial charge on any atom is 0.253 e. The van der Waals surface area contributed by atoms with Crippen molar-refractivity contribution >= 4 is 21.8 Å². The summed E-state index contributed by atoms with van der Waals surface area (Å²) >= 11 is 3.43. The van der Waals surface area contributed by atoms with Gasteiger partial charge in [-0.1, -0.05) is 52.3 Å². The molecule has 3 heteroatoms. The van der Waals surface area contributed by atoms with Crippen molar-refractivity contribution in [3.8, 4) is 0 Å². The number of rotatable bonds is 3. The van der Waals surface area contributed by atoms with Crippen molar-refractivity contribution in [3.63, 3.8) is 0 Å². The van der Waals surface area contributed by atoms with Gasteiger partial charge in [-0.15, -0.1) is 0 Å². The molecular weight excluding hydrogens is 338 g/mol. The number of carbonyl (C=O) groups excluding carboxylic acids is 1. The smallest absolute Gasteiger partial charge is 0.253 e. The van der Waals surface area contributed by atoms with Crippen molar-refractivity contribution in [2.45, 2.75) is 19.3 Å². The van der Waals surface area contributed by atoms with Gasteiger partial charge < -0.3 is 4.90 Å². The molecule has 2 aromatic carbocycles. The highest BCUT2D eigenvalue weighted by Gasteiger charge is 2.23. The molecule has 114 valence electrons. The second kappa shape index (κ2) is 7.10. The van der Waals surface area contributed by atoms with E-state index in [4.69, 9.17) is 0 Å². The Balaban J connectivity index is 1.56. The Bertz CT molecular complexity index is 633. The molecular formula is C19H20BrNO. The standard InChI is InChI=1S/C19H20BrNO/c20-18-8-4-7-17(14-18)19(22)21-11-9-16(10-12-21)13-15-5-2-1-3-6-15/h1-8,14,16H,9-13H2. The molecule has 1 aliphatic rings. The summed E-state index contributed by atoms with van der Waals surface area (Å²) < 4.78 is 0.956. The van der Waals surface area contributed by atoms with Crippen LogP contribution in [0.4, 0.5) is 0 Å². The first-order valence-corrected chi connectivity index (χ1v) is 8.60. The number of nitrogens with zero attached hydrogens (tertiary/aromatic N) is 1. The first-order chi connectivity index (χ1) is 10.7. The third-order valence-corrected chi connectivity index (χ3v) is 4.83. The van der Waals surface area contributed by atoms with E-state index in [0.717, 1.165) is 42.4 Å². The molecule has 2 nitrogen and oxygen atoms in total. The molecule has 0 aromatic heterocycles. The van der Waals surface area contributed by atoms with Crippen LogP contribution in [0.25, 0.3) is 0 Å². The summed E-state index contributed by atoms with van der Waals surface area (Å²) in [5.41, 5.74) is 2.18. The highest BCUT2D eigenvalue weighted by Crippen LogP contribution is 2.23. The highest BCUT2D eigenvalue weighted by atomic mass is 79.9. The topological polar surface area (TPSA) is 20.3 Å². The van der Waals surface area contributed by atoms with E-state index in [0.29, 0.717) is 5.92 Å². The second-order valence-corrected chi connectivity index (χ2v) is 6.85. The van der Waals surface area contributed by atoms with Gasteiger partial charge in [0.15, 0.2) is 0 Å². The zero-order valence-corrected chi connectivity index (χ0v) is 14.1. The normalized spacial score (nSPS) is 15.8. The van der Waals surface area contributed by atoms with Crippen LogP contribution < -0.4 is 0 Å². The molecule has 2 aromatic rings. The summed E-state index contributed by atoms with van der Waals surface area (Å²) in [5.74, 6) is 0.841. The predicted molar refractivity (Wildman–Crippen MR) is 92.9 cm³/mol. The van der Waals surface area contributed by atoms with E-state index in [1.165, 1.54) is 5.56 Å². The van der Waals surface area contributed by atoms with Crippen LogP contribution in [0.5, 0.6) is 0 Å². The SMILES string of the molecule is O=C(c1cccc(Br)c1)N1CCC(Cc2ccccc2)CC1. The summed E-state index contributed by atoms with van der Waals surface area (Å²) in [7, 11) is 0. The van der Waals surface area contributed by atoms with E-state index in [2.05, 4.69) is 46.3 Å². The van der Waals surface area contributed by atoms with Gasteiger partial charge in [0.2, 0.25) is 0 Å². The molecule has 1 heterocycles. The second-order valence-electron chi connectivity index (χ2n) is 5.94. The highest BCUT2D eigenvalue weighted by molar-refractivity contribution is 9.10. The predicted octanol–water partition coefficient (Wildman–Crippen LogP) is 4.54. The monoisotopic (exact) mass is 357 g/mol. The number of hydrogen-bond acceptors (Lipinski definition) is 1. The molecule has 0 radical (unpaired) electrons. The van der Waals surface area contributed by atoms with Gasteiger partial charge >= 0.3 is 0 Å². The van der Waals surface area contributed by atoms with Crippen molar-refractivity contribution in [1.29, 1.82) is 0 Å². The Labute approximate surface area is 140 Å². The lowest BCUT2D eigenvalue weighted by molar-refractivity contribution is 0.0690. The molecule has 0 aliphatic carbocycles. The van der Waals surface area contributed by atoms with Crippen LogP contribution in [-0.2, 0) is 6.42 Å². The lowest BCUT2D eigenvalue weighted by Crippen LogP contribution is -2.38. The van der Waals surface area contributed by atoms with Crippen molar-refractivity contribution < 1.29 is 4.79 Å². The zero-order chi connectivity index (χ0) is 15.4. The van der Waals surface area contributed by atoms with Gasteiger partial charge in [0.05, 0.1) is 0 Å². The molecule has 0 spiro atoms. The molecule has 0 atom stereocenters. The minimum Gasteiger partial charge on any atom is -0.339 e. The third kappa shape index (κ3) is 3.77. The minimum absolute atomic E-state index is 0.152. The van der Waals surface area contributed by atoms with E-state index < -0.39 is 0 Å². The Morgan fingerprint density at radius 3 is 2.45 bits per heavy atom. The summed E-state index contributed by atoms with van der Waals surface area (Å²) in [5, 5.41) is 0. The lowest BCUT2D eigenvalue weighted by Gasteiger charge is -2.32. The number of carbonyl (C=O) groups is 1. The number of amides is 1. The molecule has 0 N–H and O–H groups in total. The van der Waals surface area contributed by atoms with Gasteiger partial charge in [0, 0.05) is 23.1 Å². The van der Waals surface area contributed by atoms with Crippen molar-refractivity contribution in [2.75, 3.05) is 13.1 Å². The molecule has 3 rings (SSSR count). The molecule has 0 unspecified atom stereocenters. The molecule has 1 amide bonds. The molecule has 1 aliphatic heterocycles. The first kappa shape index (κ1) is 15.3. The summed E-state index contributed by atoms with van der Waals surface area (Å²) in [6.45, 7) is 1.73. The van der Waals surface area contributed by atoms with E-state index in [1.807, 2.05) is 29.2 Å². The van der Waals surface area contributed by atoms with Gasteiger partial charge in [0.25, 0.3) is 5.91 Å². The summed E-state index contributed by atoms with van der Waals surface area (Å²) in [4.78, 5) is 14.5. The van der Waals surface area contributed by atoms with Crippen molar-refractivity contribution in [3.05, 3.63) is 70.2 Å². The number of hydrogen-bond donors (Lipinski definition) is 0. The van der Waals surface area contributed by atoms with E-state index in [9.17, 15) is 4.79 Å². The quantitative estimate of drug-likeness (QED) is 0.789. The maximum atomic E-state index is 12.5. The Kier molecular flexibility index (Phi) is 4.94. The molecule has 1 fully saturated rings. The van der Waals surface area contributed by atoms with Crippen LogP contribution in [0.15, 0.2) is 59.1 Å². The van der Waals surface area contributed by atoms with Crippen LogP contribution in [0.3, 0.4) is 0 Å². The van der Waals surface area contributed by atoms with Crippen molar-refractivity contribution in [1.82, 2.24) is 4.90 Å². The number of piperidine rings is 1. The average molecular weight is 358 g/mol. The van der Waals surface area contributed by atoms with E-state index in [1.54, 1.807) is 0 Å². The van der Waals surface area contributed by atoms with Crippen molar-refractivity contribution in [2.24, 2.45) is 5.92 Å². The van der Waals surface area contributed by atoms with Crippen LogP contribution in [0.1, 0.15) is 28.8 Å². The Morgan fingerprint density at radius 2 is 1.77 bits per heavy atom. The van der Waals surface area contributed by atoms with Crippen LogP contribution in [0.2, 0.25) is 0 Å². The molecule has 1 saturated heterocycles. The average Bonchev–Trinajstić information content (AvgIpc) is 2.56. The number of benzene rings is 2. The largest absolute Gasteiger partial charge is 0.339 e. The molecule has 0 saturated carbocycles. The van der Waals surface area contributed by atoms with Crippen LogP contribution in [-0.4, -0.2) is 23.9 Å². The molecule has 0 bridgehead atoms. The van der Waals surface area contributed by atoms with Crippen LogP contribution >= 0.6 is 15.9 Å². The minimum atomic E-state index is 0.152. The molecule has 22 heavy (non-hydrogen) atoms. The van der Waals surface area contributed by atoms with Gasteiger partial charge in [-0.2, -0.15) is 0 Å². The maximum absolute atomic E-state index is 12.5. The van der Waals surface area contributed by atoms with E-state index in [-0.39, 0.29) is 5.91 Å². The Hall–Kier alpha value is -1.61. The summed E-state index contributed by atoms with van der Waals surface area (Å²) in [6, 6.07) is 18.3.